The number of phosphoric acid groups is 1. The van der Waals surface area contributed by atoms with E-state index < -0.39 is 26.6 Å². The van der Waals surface area contributed by atoms with Crippen molar-refractivity contribution in [2.24, 2.45) is 0 Å². The van der Waals surface area contributed by atoms with Crippen LogP contribution in [0.2, 0.25) is 0 Å². The smallest absolute Gasteiger partial charge is 0.306 e. The lowest BCUT2D eigenvalue weighted by molar-refractivity contribution is -0.870. The quantitative estimate of drug-likeness (QED) is 0.0212. The highest BCUT2D eigenvalue weighted by molar-refractivity contribution is 7.45. The van der Waals surface area contributed by atoms with E-state index in [1.165, 1.54) is 103 Å². The number of nitrogens with zero attached hydrogens (tertiary/aromatic N) is 1. The molecule has 1 amide bonds. The normalized spacial score (nSPS) is 14.3. The summed E-state index contributed by atoms with van der Waals surface area (Å²) in [5.74, 6) is -0.586. The second-order valence-corrected chi connectivity index (χ2v) is 21.1. The summed E-state index contributed by atoms with van der Waals surface area (Å²) in [4.78, 5) is 39.8. The summed E-state index contributed by atoms with van der Waals surface area (Å²) in [6, 6.07) is -0.904. The Morgan fingerprint density at radius 3 is 1.46 bits per heavy atom. The number of hydrogen-bond donors (Lipinski definition) is 1. The molecule has 0 aromatic rings. The van der Waals surface area contributed by atoms with Crippen LogP contribution in [0.25, 0.3) is 0 Å². The molecule has 0 heterocycles. The van der Waals surface area contributed by atoms with E-state index in [-0.39, 0.29) is 24.9 Å². The Kier molecular flexibility index (Phi) is 45.8. The van der Waals surface area contributed by atoms with Gasteiger partial charge in [0, 0.05) is 12.8 Å². The second kappa shape index (κ2) is 47.4. The number of unbranched alkanes of at least 4 members (excludes halogenated alkanes) is 25. The lowest BCUT2D eigenvalue weighted by Gasteiger charge is -2.30. The van der Waals surface area contributed by atoms with Crippen LogP contribution in [-0.4, -0.2) is 69.4 Å². The fraction of sp³-hybridized carbons (Fsp3) is 0.789. The number of esters is 1. The fourth-order valence-electron chi connectivity index (χ4n) is 7.65. The number of ether oxygens (including phenoxy) is 1. The van der Waals surface area contributed by atoms with E-state index in [0.717, 1.165) is 89.9 Å². The maximum atomic E-state index is 13.4. The average Bonchev–Trinajstić information content (AvgIpc) is 3.28. The van der Waals surface area contributed by atoms with Crippen molar-refractivity contribution in [2.75, 3.05) is 40.9 Å². The number of likely N-dealkylation sites (N-methyl/N-ethyl adjacent to an activating group) is 1. The summed E-state index contributed by atoms with van der Waals surface area (Å²) in [5.41, 5.74) is 0. The van der Waals surface area contributed by atoms with Gasteiger partial charge in [0.15, 0.2) is 0 Å². The molecule has 10 heteroatoms. The van der Waals surface area contributed by atoms with Crippen LogP contribution >= 0.6 is 7.82 Å². The molecule has 0 bridgehead atoms. The van der Waals surface area contributed by atoms with Gasteiger partial charge in [-0.05, 0) is 89.5 Å². The summed E-state index contributed by atoms with van der Waals surface area (Å²) in [5, 5.41) is 3.00. The topological polar surface area (TPSA) is 114 Å². The van der Waals surface area contributed by atoms with Gasteiger partial charge in [0.25, 0.3) is 7.82 Å². The summed E-state index contributed by atoms with van der Waals surface area (Å²) in [6.45, 7) is 6.69. The number of allylic oxidation sites excluding steroid dienone is 9. The van der Waals surface area contributed by atoms with Gasteiger partial charge in [0.1, 0.15) is 19.3 Å². The van der Waals surface area contributed by atoms with E-state index in [0.29, 0.717) is 30.3 Å². The number of carbonyl (C=O) groups is 2. The number of rotatable bonds is 49. The molecule has 0 radical (unpaired) electrons. The minimum absolute atomic E-state index is 0.0300. The Hall–Kier alpha value is -2.29. The molecule has 0 aliphatic heterocycles. The van der Waals surface area contributed by atoms with Crippen molar-refractivity contribution in [3.8, 4) is 0 Å². The number of carbonyl (C=O) groups excluding carboxylic acids is 2. The molecule has 3 unspecified atom stereocenters. The zero-order valence-corrected chi connectivity index (χ0v) is 45.2. The molecule has 9 nitrogen and oxygen atoms in total. The van der Waals surface area contributed by atoms with Crippen molar-refractivity contribution in [2.45, 2.75) is 251 Å². The molecule has 0 rings (SSSR count). The second-order valence-electron chi connectivity index (χ2n) is 19.7. The van der Waals surface area contributed by atoms with Crippen LogP contribution in [0.4, 0.5) is 0 Å². The van der Waals surface area contributed by atoms with Gasteiger partial charge in [-0.25, -0.2) is 0 Å². The molecule has 0 saturated carbocycles. The molecule has 0 aromatic carbocycles. The van der Waals surface area contributed by atoms with Gasteiger partial charge in [-0.1, -0.05) is 197 Å². The van der Waals surface area contributed by atoms with Gasteiger partial charge in [-0.3, -0.25) is 14.2 Å². The van der Waals surface area contributed by atoms with Crippen molar-refractivity contribution >= 4 is 19.7 Å². The Bertz CT molecular complexity index is 1340. The highest BCUT2D eigenvalue weighted by atomic mass is 31.2. The van der Waals surface area contributed by atoms with Crippen molar-refractivity contribution in [3.63, 3.8) is 0 Å². The Morgan fingerprint density at radius 1 is 0.537 bits per heavy atom. The van der Waals surface area contributed by atoms with E-state index in [2.05, 4.69) is 74.7 Å². The predicted octanol–water partition coefficient (Wildman–Crippen LogP) is 15.7. The van der Waals surface area contributed by atoms with Gasteiger partial charge in [-0.2, -0.15) is 0 Å². The van der Waals surface area contributed by atoms with Crippen molar-refractivity contribution < 1.29 is 37.3 Å². The van der Waals surface area contributed by atoms with E-state index >= 15 is 0 Å². The largest absolute Gasteiger partial charge is 0.756 e. The molecule has 0 fully saturated rings. The van der Waals surface area contributed by atoms with Crippen LogP contribution in [0.5, 0.6) is 0 Å². The Labute approximate surface area is 413 Å². The maximum absolute atomic E-state index is 13.4. The van der Waals surface area contributed by atoms with Crippen molar-refractivity contribution in [1.29, 1.82) is 0 Å². The molecule has 1 N–H and O–H groups in total. The summed E-state index contributed by atoms with van der Waals surface area (Å²) < 4.78 is 30.2. The van der Waals surface area contributed by atoms with Crippen molar-refractivity contribution in [1.82, 2.24) is 5.32 Å². The molecular formula is C57H105N2O7P. The first kappa shape index (κ1) is 64.7. The number of quaternary nitrogens is 1. The van der Waals surface area contributed by atoms with Crippen LogP contribution in [0.3, 0.4) is 0 Å². The first-order valence-corrected chi connectivity index (χ1v) is 29.1. The van der Waals surface area contributed by atoms with E-state index in [1.54, 1.807) is 0 Å². The van der Waals surface area contributed by atoms with Gasteiger partial charge in [0.05, 0.1) is 33.8 Å². The van der Waals surface area contributed by atoms with Crippen LogP contribution < -0.4 is 10.2 Å². The molecule has 3 atom stereocenters. The summed E-state index contributed by atoms with van der Waals surface area (Å²) in [7, 11) is 1.16. The van der Waals surface area contributed by atoms with Gasteiger partial charge < -0.3 is 28.5 Å². The van der Waals surface area contributed by atoms with E-state index in [4.69, 9.17) is 13.8 Å². The predicted molar refractivity (Wildman–Crippen MR) is 284 cm³/mol. The monoisotopic (exact) mass is 961 g/mol. The standard InChI is InChI=1S/C57H105N2O7P/c1-7-10-13-16-19-22-25-28-31-34-37-40-43-46-49-56(60)58-54(53-65-67(62,63)64-52-51-59(4,5)6)55(48-45-42-39-36-33-30-27-24-21-18-15-12-9-3)66-57(61)50-47-44-41-38-35-32-29-26-23-20-17-14-11-8-2/h11,14,20,23,29,31-32,34,45,48,54-55H,7-10,12-13,15-19,21-22,24-28,30,33,35-44,46-47,49-53H2,1-6H3,(H-,58,60,62,63)/b14-11+,23-20+,32-29+,34-31-,48-45+. The molecule has 67 heavy (non-hydrogen) atoms. The number of phosphoric ester groups is 1. The lowest BCUT2D eigenvalue weighted by Crippen LogP contribution is -2.47. The molecule has 0 saturated heterocycles. The zero-order chi connectivity index (χ0) is 49.4. The average molecular weight is 961 g/mol. The highest BCUT2D eigenvalue weighted by Gasteiger charge is 2.27. The maximum Gasteiger partial charge on any atom is 0.306 e. The lowest BCUT2D eigenvalue weighted by atomic mass is 10.0. The van der Waals surface area contributed by atoms with Crippen LogP contribution in [0, 0.1) is 0 Å². The van der Waals surface area contributed by atoms with Crippen LogP contribution in [0.1, 0.15) is 239 Å². The van der Waals surface area contributed by atoms with E-state index in [1.807, 2.05) is 33.3 Å². The number of nitrogens with one attached hydrogen (secondary N) is 1. The third kappa shape index (κ3) is 48.5. The molecule has 0 aromatic heterocycles. The van der Waals surface area contributed by atoms with E-state index in [9.17, 15) is 19.0 Å². The third-order valence-corrected chi connectivity index (χ3v) is 12.9. The first-order valence-electron chi connectivity index (χ1n) is 27.6. The minimum Gasteiger partial charge on any atom is -0.756 e. The first-order chi connectivity index (χ1) is 32.4. The molecule has 0 aliphatic carbocycles. The van der Waals surface area contributed by atoms with Crippen LogP contribution in [0.15, 0.2) is 60.8 Å². The minimum atomic E-state index is -4.70. The van der Waals surface area contributed by atoms with Gasteiger partial charge in [-0.15, -0.1) is 0 Å². The fourth-order valence-corrected chi connectivity index (χ4v) is 8.37. The Balaban J connectivity index is 5.47. The summed E-state index contributed by atoms with van der Waals surface area (Å²) >= 11 is 0. The number of amides is 1. The van der Waals surface area contributed by atoms with Gasteiger partial charge >= 0.3 is 5.97 Å². The SMILES string of the molecule is CC/C=C/C/C=C/C/C=C/CCCCCCC(=O)OC(/C=C/CCCCCCCCCCCCC)C(COP(=O)([O-])OCC[N+](C)(C)C)NC(=O)CCCCC/C=C\CCCCCCCCC. The molecule has 0 aliphatic rings. The summed E-state index contributed by atoms with van der Waals surface area (Å²) in [6.07, 6.45) is 57.5. The van der Waals surface area contributed by atoms with Gasteiger partial charge in [0.2, 0.25) is 5.91 Å². The molecule has 390 valence electrons. The molecular weight excluding hydrogens is 856 g/mol. The highest BCUT2D eigenvalue weighted by Crippen LogP contribution is 2.38. The third-order valence-electron chi connectivity index (χ3n) is 11.9. The zero-order valence-electron chi connectivity index (χ0n) is 44.3. The Morgan fingerprint density at radius 2 is 0.955 bits per heavy atom. The number of hydrogen-bond acceptors (Lipinski definition) is 7. The van der Waals surface area contributed by atoms with Crippen molar-refractivity contribution in [3.05, 3.63) is 60.8 Å². The van der Waals surface area contributed by atoms with Crippen LogP contribution in [-0.2, 0) is 27.9 Å². The molecule has 0 spiro atoms.